The van der Waals surface area contributed by atoms with E-state index >= 15 is 0 Å². The zero-order chi connectivity index (χ0) is 14.7. The average Bonchev–Trinajstić information content (AvgIpc) is 2.41. The van der Waals surface area contributed by atoms with Gasteiger partial charge in [-0.1, -0.05) is 32.0 Å². The second-order valence-electron chi connectivity index (χ2n) is 5.20. The van der Waals surface area contributed by atoms with Crippen molar-refractivity contribution in [1.29, 1.82) is 0 Å². The highest BCUT2D eigenvalue weighted by atomic mass is 19.1. The number of ether oxygens (including phenoxy) is 1. The summed E-state index contributed by atoms with van der Waals surface area (Å²) >= 11 is 0. The van der Waals surface area contributed by atoms with Crippen LogP contribution in [0.5, 0.6) is 11.5 Å². The Labute approximate surface area is 118 Å². The fourth-order valence-corrected chi connectivity index (χ4v) is 1.92. The van der Waals surface area contributed by atoms with Gasteiger partial charge in [0.15, 0.2) is 11.6 Å². The first-order chi connectivity index (χ1) is 9.47. The van der Waals surface area contributed by atoms with Crippen LogP contribution in [0.1, 0.15) is 43.9 Å². The minimum Gasteiger partial charge on any atom is -0.454 e. The van der Waals surface area contributed by atoms with Crippen LogP contribution in [0.15, 0.2) is 42.5 Å². The van der Waals surface area contributed by atoms with Crippen LogP contribution in [0.4, 0.5) is 4.39 Å². The Morgan fingerprint density at radius 2 is 1.75 bits per heavy atom. The molecule has 0 spiro atoms. The third kappa shape index (κ3) is 3.36. The molecule has 0 saturated heterocycles. The lowest BCUT2D eigenvalue weighted by Gasteiger charge is -2.11. The molecule has 0 aliphatic carbocycles. The molecule has 0 bridgehead atoms. The Balaban J connectivity index is 2.24. The molecule has 0 unspecified atom stereocenters. The lowest BCUT2D eigenvalue weighted by Crippen LogP contribution is -1.95. The maximum Gasteiger partial charge on any atom is 0.166 e. The van der Waals surface area contributed by atoms with E-state index in [0.29, 0.717) is 17.2 Å². The van der Waals surface area contributed by atoms with E-state index in [1.165, 1.54) is 6.07 Å². The number of aliphatic hydroxyl groups excluding tert-OH is 1. The zero-order valence-electron chi connectivity index (χ0n) is 11.9. The first-order valence-electron chi connectivity index (χ1n) is 6.72. The van der Waals surface area contributed by atoms with Crippen molar-refractivity contribution in [1.82, 2.24) is 0 Å². The average molecular weight is 274 g/mol. The summed E-state index contributed by atoms with van der Waals surface area (Å²) in [7, 11) is 0. The number of hydrogen-bond acceptors (Lipinski definition) is 2. The van der Waals surface area contributed by atoms with Crippen molar-refractivity contribution in [3.05, 3.63) is 59.4 Å². The van der Waals surface area contributed by atoms with Crippen molar-refractivity contribution in [3.8, 4) is 11.5 Å². The topological polar surface area (TPSA) is 29.5 Å². The van der Waals surface area contributed by atoms with E-state index in [2.05, 4.69) is 13.8 Å². The lowest BCUT2D eigenvalue weighted by molar-refractivity contribution is 0.198. The molecule has 0 saturated carbocycles. The van der Waals surface area contributed by atoms with Crippen LogP contribution in [-0.4, -0.2) is 5.11 Å². The van der Waals surface area contributed by atoms with Gasteiger partial charge in [-0.25, -0.2) is 4.39 Å². The van der Waals surface area contributed by atoms with Crippen LogP contribution in [0, 0.1) is 5.82 Å². The molecule has 1 atom stereocenters. The number of benzene rings is 2. The number of aliphatic hydroxyl groups is 1. The molecule has 1 N–H and O–H groups in total. The number of hydrogen-bond donors (Lipinski definition) is 1. The standard InChI is InChI=1S/C17H19FO2/c1-11(2)13-5-4-6-15(9-13)20-17-8-7-14(12(3)19)10-16(17)18/h4-12,19H,1-3H3/t12-/m0/s1. The molecule has 2 nitrogen and oxygen atoms in total. The van der Waals surface area contributed by atoms with E-state index in [1.807, 2.05) is 18.2 Å². The van der Waals surface area contributed by atoms with Crippen molar-refractivity contribution in [2.45, 2.75) is 32.8 Å². The summed E-state index contributed by atoms with van der Waals surface area (Å²) in [6.45, 7) is 5.79. The second kappa shape index (κ2) is 6.06. The predicted octanol–water partition coefficient (Wildman–Crippen LogP) is 4.79. The van der Waals surface area contributed by atoms with Crippen molar-refractivity contribution < 1.29 is 14.2 Å². The quantitative estimate of drug-likeness (QED) is 0.868. The van der Waals surface area contributed by atoms with E-state index in [9.17, 15) is 9.50 Å². The van der Waals surface area contributed by atoms with Crippen LogP contribution < -0.4 is 4.74 Å². The van der Waals surface area contributed by atoms with E-state index < -0.39 is 11.9 Å². The molecule has 0 aliphatic rings. The Hall–Kier alpha value is -1.87. The summed E-state index contributed by atoms with van der Waals surface area (Å²) < 4.78 is 19.5. The Kier molecular flexibility index (Phi) is 4.40. The van der Waals surface area contributed by atoms with E-state index in [-0.39, 0.29) is 5.75 Å². The van der Waals surface area contributed by atoms with E-state index in [1.54, 1.807) is 25.1 Å². The number of halogens is 1. The maximum absolute atomic E-state index is 13.9. The minimum absolute atomic E-state index is 0.162. The van der Waals surface area contributed by atoms with Crippen molar-refractivity contribution in [2.24, 2.45) is 0 Å². The molecule has 106 valence electrons. The molecule has 0 aromatic heterocycles. The molecule has 20 heavy (non-hydrogen) atoms. The number of rotatable bonds is 4. The van der Waals surface area contributed by atoms with Crippen molar-refractivity contribution in [3.63, 3.8) is 0 Å². The molecule has 0 radical (unpaired) electrons. The first kappa shape index (κ1) is 14.5. The largest absolute Gasteiger partial charge is 0.454 e. The highest BCUT2D eigenvalue weighted by Gasteiger charge is 2.09. The van der Waals surface area contributed by atoms with Crippen LogP contribution in [-0.2, 0) is 0 Å². The van der Waals surface area contributed by atoms with Crippen molar-refractivity contribution in [2.75, 3.05) is 0 Å². The summed E-state index contributed by atoms with van der Waals surface area (Å²) in [5.41, 5.74) is 1.68. The van der Waals surface area contributed by atoms with E-state index in [0.717, 1.165) is 5.56 Å². The monoisotopic (exact) mass is 274 g/mol. The second-order valence-corrected chi connectivity index (χ2v) is 5.20. The molecule has 0 fully saturated rings. The molecular formula is C17H19FO2. The Bertz CT molecular complexity index is 591. The summed E-state index contributed by atoms with van der Waals surface area (Å²) in [4.78, 5) is 0. The van der Waals surface area contributed by atoms with Gasteiger partial charge in [-0.3, -0.25) is 0 Å². The molecule has 0 aliphatic heterocycles. The van der Waals surface area contributed by atoms with Crippen LogP contribution >= 0.6 is 0 Å². The predicted molar refractivity (Wildman–Crippen MR) is 77.6 cm³/mol. The van der Waals surface area contributed by atoms with Gasteiger partial charge < -0.3 is 9.84 Å². The van der Waals surface area contributed by atoms with Crippen LogP contribution in [0.2, 0.25) is 0 Å². The molecule has 0 heterocycles. The molecule has 0 amide bonds. The highest BCUT2D eigenvalue weighted by molar-refractivity contribution is 5.37. The molecule has 2 aromatic rings. The smallest absolute Gasteiger partial charge is 0.166 e. The fourth-order valence-electron chi connectivity index (χ4n) is 1.92. The summed E-state index contributed by atoms with van der Waals surface area (Å²) in [6.07, 6.45) is -0.692. The van der Waals surface area contributed by atoms with Gasteiger partial charge >= 0.3 is 0 Å². The third-order valence-electron chi connectivity index (χ3n) is 3.19. The van der Waals surface area contributed by atoms with Gasteiger partial charge in [0.05, 0.1) is 6.10 Å². The van der Waals surface area contributed by atoms with Crippen molar-refractivity contribution >= 4 is 0 Å². The molecular weight excluding hydrogens is 255 g/mol. The van der Waals surface area contributed by atoms with Gasteiger partial charge in [0.25, 0.3) is 0 Å². The van der Waals surface area contributed by atoms with Gasteiger partial charge in [0.2, 0.25) is 0 Å². The summed E-state index contributed by atoms with van der Waals surface area (Å²) in [5.74, 6) is 0.689. The minimum atomic E-state index is -0.692. The molecule has 3 heteroatoms. The Morgan fingerprint density at radius 3 is 2.35 bits per heavy atom. The highest BCUT2D eigenvalue weighted by Crippen LogP contribution is 2.28. The lowest BCUT2D eigenvalue weighted by atomic mass is 10.0. The summed E-state index contributed by atoms with van der Waals surface area (Å²) in [5, 5.41) is 9.42. The molecule has 2 rings (SSSR count). The molecule has 2 aromatic carbocycles. The Morgan fingerprint density at radius 1 is 1.00 bits per heavy atom. The van der Waals surface area contributed by atoms with Gasteiger partial charge in [-0.2, -0.15) is 0 Å². The first-order valence-corrected chi connectivity index (χ1v) is 6.72. The zero-order valence-corrected chi connectivity index (χ0v) is 11.9. The van der Waals surface area contributed by atoms with Crippen LogP contribution in [0.3, 0.4) is 0 Å². The SMILES string of the molecule is CC(C)c1cccc(Oc2ccc([C@H](C)O)cc2F)c1. The maximum atomic E-state index is 13.9. The van der Waals surface area contributed by atoms with E-state index in [4.69, 9.17) is 4.74 Å². The summed E-state index contributed by atoms with van der Waals surface area (Å²) in [6, 6.07) is 12.1. The normalized spacial score (nSPS) is 12.5. The third-order valence-corrected chi connectivity index (χ3v) is 3.19. The van der Waals surface area contributed by atoms with Gasteiger partial charge in [0, 0.05) is 0 Å². The van der Waals surface area contributed by atoms with Gasteiger partial charge in [-0.05, 0) is 48.2 Å². The van der Waals surface area contributed by atoms with Gasteiger partial charge in [0.1, 0.15) is 5.75 Å². The van der Waals surface area contributed by atoms with Crippen LogP contribution in [0.25, 0.3) is 0 Å². The fraction of sp³-hybridized carbons (Fsp3) is 0.294. The van der Waals surface area contributed by atoms with Gasteiger partial charge in [-0.15, -0.1) is 0 Å².